The van der Waals surface area contributed by atoms with Crippen LogP contribution in [0.5, 0.6) is 11.5 Å². The number of hydrogen-bond donors (Lipinski definition) is 1. The van der Waals surface area contributed by atoms with Gasteiger partial charge in [0.25, 0.3) is 5.91 Å². The Kier molecular flexibility index (Phi) is 5.56. The van der Waals surface area contributed by atoms with Crippen LogP contribution < -0.4 is 19.7 Å². The second kappa shape index (κ2) is 8.44. The van der Waals surface area contributed by atoms with Gasteiger partial charge in [-0.25, -0.2) is 4.79 Å². The standard InChI is InChI=1S/C22H22N2O6/c1-14(15-7-8-18-19(11-15)30-13-29-18)23-20(25)12-28-22(27)16-4-2-5-17(10-16)24-9-3-6-21(24)26/h2,4-5,7-8,10-11,14H,3,6,9,12-13H2,1H3,(H,23,25)/t14-/m1/s1. The minimum Gasteiger partial charge on any atom is -0.454 e. The van der Waals surface area contributed by atoms with Crippen LogP contribution in [-0.2, 0) is 14.3 Å². The van der Waals surface area contributed by atoms with Crippen LogP contribution >= 0.6 is 0 Å². The van der Waals surface area contributed by atoms with Crippen molar-refractivity contribution in [2.75, 3.05) is 24.8 Å². The van der Waals surface area contributed by atoms with Gasteiger partial charge in [0.15, 0.2) is 18.1 Å². The molecule has 2 aromatic carbocycles. The lowest BCUT2D eigenvalue weighted by Gasteiger charge is -2.17. The highest BCUT2D eigenvalue weighted by molar-refractivity contribution is 5.97. The Morgan fingerprint density at radius 2 is 2.00 bits per heavy atom. The molecule has 0 aliphatic carbocycles. The average Bonchev–Trinajstić information content (AvgIpc) is 3.40. The number of rotatable bonds is 6. The Hall–Kier alpha value is -3.55. The van der Waals surface area contributed by atoms with Gasteiger partial charge in [-0.3, -0.25) is 9.59 Å². The van der Waals surface area contributed by atoms with Crippen molar-refractivity contribution in [2.24, 2.45) is 0 Å². The Bertz CT molecular complexity index is 989. The number of hydrogen-bond acceptors (Lipinski definition) is 6. The fourth-order valence-corrected chi connectivity index (χ4v) is 3.49. The van der Waals surface area contributed by atoms with Gasteiger partial charge in [0.1, 0.15) is 0 Å². The van der Waals surface area contributed by atoms with E-state index < -0.39 is 18.5 Å². The number of anilines is 1. The third-order valence-corrected chi connectivity index (χ3v) is 5.08. The molecule has 2 amide bonds. The van der Waals surface area contributed by atoms with E-state index in [4.69, 9.17) is 14.2 Å². The molecule has 4 rings (SSSR count). The van der Waals surface area contributed by atoms with Gasteiger partial charge in [0, 0.05) is 18.7 Å². The molecule has 1 atom stereocenters. The molecule has 0 bridgehead atoms. The Morgan fingerprint density at radius 3 is 2.80 bits per heavy atom. The van der Waals surface area contributed by atoms with Crippen LogP contribution in [0.2, 0.25) is 0 Å². The number of amides is 2. The van der Waals surface area contributed by atoms with Gasteiger partial charge in [0.2, 0.25) is 12.7 Å². The fourth-order valence-electron chi connectivity index (χ4n) is 3.49. The zero-order valence-electron chi connectivity index (χ0n) is 16.6. The third-order valence-electron chi connectivity index (χ3n) is 5.08. The minimum atomic E-state index is -0.616. The lowest BCUT2D eigenvalue weighted by molar-refractivity contribution is -0.124. The molecule has 1 N–H and O–H groups in total. The summed E-state index contributed by atoms with van der Waals surface area (Å²) in [5.74, 6) is 0.312. The number of nitrogens with one attached hydrogen (secondary N) is 1. The molecule has 0 unspecified atom stereocenters. The monoisotopic (exact) mass is 410 g/mol. The van der Waals surface area contributed by atoms with Gasteiger partial charge >= 0.3 is 5.97 Å². The van der Waals surface area contributed by atoms with E-state index in [0.717, 1.165) is 12.0 Å². The second-order valence-electron chi connectivity index (χ2n) is 7.18. The van der Waals surface area contributed by atoms with Crippen molar-refractivity contribution in [3.05, 3.63) is 53.6 Å². The van der Waals surface area contributed by atoms with Crippen LogP contribution in [0.1, 0.15) is 41.7 Å². The molecule has 1 fully saturated rings. The molecule has 0 radical (unpaired) electrons. The molecular formula is C22H22N2O6. The summed E-state index contributed by atoms with van der Waals surface area (Å²) >= 11 is 0. The van der Waals surface area contributed by atoms with Crippen molar-refractivity contribution >= 4 is 23.5 Å². The van der Waals surface area contributed by atoms with Gasteiger partial charge < -0.3 is 24.4 Å². The highest BCUT2D eigenvalue weighted by atomic mass is 16.7. The van der Waals surface area contributed by atoms with Crippen molar-refractivity contribution in [3.8, 4) is 11.5 Å². The summed E-state index contributed by atoms with van der Waals surface area (Å²) in [6.45, 7) is 2.24. The van der Waals surface area contributed by atoms with Crippen LogP contribution in [0.3, 0.4) is 0 Å². The summed E-state index contributed by atoms with van der Waals surface area (Å²) in [6.07, 6.45) is 1.31. The predicted octanol–water partition coefficient (Wildman–Crippen LogP) is 2.58. The first-order chi connectivity index (χ1) is 14.5. The quantitative estimate of drug-likeness (QED) is 0.736. The fraction of sp³-hybridized carbons (Fsp3) is 0.318. The molecule has 0 aromatic heterocycles. The van der Waals surface area contributed by atoms with Crippen molar-refractivity contribution in [1.82, 2.24) is 5.32 Å². The summed E-state index contributed by atoms with van der Waals surface area (Å²) < 4.78 is 15.8. The normalized spacial score (nSPS) is 15.8. The van der Waals surface area contributed by atoms with E-state index >= 15 is 0 Å². The first-order valence-corrected chi connectivity index (χ1v) is 9.78. The number of carbonyl (C=O) groups excluding carboxylic acids is 3. The molecule has 156 valence electrons. The molecule has 2 aromatic rings. The smallest absolute Gasteiger partial charge is 0.338 e. The van der Waals surface area contributed by atoms with E-state index in [1.165, 1.54) is 0 Å². The predicted molar refractivity (Wildman–Crippen MR) is 107 cm³/mol. The highest BCUT2D eigenvalue weighted by Crippen LogP contribution is 2.34. The molecule has 1 saturated heterocycles. The lowest BCUT2D eigenvalue weighted by atomic mass is 10.1. The van der Waals surface area contributed by atoms with E-state index in [1.54, 1.807) is 35.2 Å². The third kappa shape index (κ3) is 4.22. The van der Waals surface area contributed by atoms with Gasteiger partial charge in [-0.1, -0.05) is 12.1 Å². The van der Waals surface area contributed by atoms with E-state index in [9.17, 15) is 14.4 Å². The topological polar surface area (TPSA) is 94.2 Å². The number of benzene rings is 2. The molecule has 8 heteroatoms. The van der Waals surface area contributed by atoms with E-state index in [1.807, 2.05) is 19.1 Å². The van der Waals surface area contributed by atoms with Crippen LogP contribution in [0, 0.1) is 0 Å². The van der Waals surface area contributed by atoms with E-state index in [2.05, 4.69) is 5.32 Å². The average molecular weight is 410 g/mol. The second-order valence-corrected chi connectivity index (χ2v) is 7.18. The Balaban J connectivity index is 1.31. The molecular weight excluding hydrogens is 388 g/mol. The van der Waals surface area contributed by atoms with Gasteiger partial charge in [0.05, 0.1) is 11.6 Å². The minimum absolute atomic E-state index is 0.0393. The largest absolute Gasteiger partial charge is 0.454 e. The summed E-state index contributed by atoms with van der Waals surface area (Å²) in [4.78, 5) is 38.1. The zero-order valence-corrected chi connectivity index (χ0v) is 16.6. The maximum absolute atomic E-state index is 12.3. The van der Waals surface area contributed by atoms with Crippen LogP contribution in [0.15, 0.2) is 42.5 Å². The summed E-state index contributed by atoms with van der Waals surface area (Å²) in [5, 5.41) is 2.79. The molecule has 8 nitrogen and oxygen atoms in total. The van der Waals surface area contributed by atoms with Crippen molar-refractivity contribution in [2.45, 2.75) is 25.8 Å². The molecule has 2 aliphatic heterocycles. The SMILES string of the molecule is C[C@@H](NC(=O)COC(=O)c1cccc(N2CCCC2=O)c1)c1ccc2c(c1)OCO2. The number of carbonyl (C=O) groups is 3. The van der Waals surface area contributed by atoms with Gasteiger partial charge in [-0.2, -0.15) is 0 Å². The first-order valence-electron chi connectivity index (χ1n) is 9.78. The molecule has 2 aliphatic rings. The number of fused-ring (bicyclic) bond motifs is 1. The highest BCUT2D eigenvalue weighted by Gasteiger charge is 2.23. The number of esters is 1. The zero-order chi connectivity index (χ0) is 21.1. The van der Waals surface area contributed by atoms with Crippen LogP contribution in [0.25, 0.3) is 0 Å². The number of ether oxygens (including phenoxy) is 3. The summed E-state index contributed by atoms with van der Waals surface area (Å²) in [6, 6.07) is 11.8. The van der Waals surface area contributed by atoms with Crippen LogP contribution in [-0.4, -0.2) is 37.7 Å². The van der Waals surface area contributed by atoms with Crippen molar-refractivity contribution in [3.63, 3.8) is 0 Å². The van der Waals surface area contributed by atoms with E-state index in [-0.39, 0.29) is 18.7 Å². The van der Waals surface area contributed by atoms with Gasteiger partial charge in [-0.15, -0.1) is 0 Å². The molecule has 0 saturated carbocycles. The van der Waals surface area contributed by atoms with Crippen molar-refractivity contribution in [1.29, 1.82) is 0 Å². The maximum Gasteiger partial charge on any atom is 0.338 e. The van der Waals surface area contributed by atoms with E-state index in [0.29, 0.717) is 35.7 Å². The molecule has 0 spiro atoms. The maximum atomic E-state index is 12.3. The van der Waals surface area contributed by atoms with Crippen LogP contribution in [0.4, 0.5) is 5.69 Å². The summed E-state index contributed by atoms with van der Waals surface area (Å²) in [7, 11) is 0. The molecule has 2 heterocycles. The number of nitrogens with zero attached hydrogens (tertiary/aromatic N) is 1. The Morgan fingerprint density at radius 1 is 1.17 bits per heavy atom. The van der Waals surface area contributed by atoms with Gasteiger partial charge in [-0.05, 0) is 49.2 Å². The summed E-state index contributed by atoms with van der Waals surface area (Å²) in [5.41, 5.74) is 1.80. The first kappa shape index (κ1) is 19.8. The lowest BCUT2D eigenvalue weighted by Crippen LogP contribution is -2.31. The molecule has 30 heavy (non-hydrogen) atoms. The Labute approximate surface area is 173 Å². The van der Waals surface area contributed by atoms with Crippen molar-refractivity contribution < 1.29 is 28.6 Å².